The SMILES string of the molecule is C=C.C=CC(C=NC1CCCCC1N=Cc1ccccn1)=NC.CC. The van der Waals surface area contributed by atoms with Crippen molar-refractivity contribution in [2.24, 2.45) is 15.0 Å². The van der Waals surface area contributed by atoms with Gasteiger partial charge in [-0.3, -0.25) is 20.0 Å². The van der Waals surface area contributed by atoms with Crippen molar-refractivity contribution < 1.29 is 0 Å². The lowest BCUT2D eigenvalue weighted by Gasteiger charge is -2.25. The second kappa shape index (κ2) is 15.2. The van der Waals surface area contributed by atoms with Gasteiger partial charge in [0, 0.05) is 25.7 Å². The molecule has 0 N–H and O–H groups in total. The predicted molar refractivity (Wildman–Crippen MR) is 113 cm³/mol. The third-order valence-electron chi connectivity index (χ3n) is 3.65. The van der Waals surface area contributed by atoms with E-state index in [1.807, 2.05) is 44.5 Å². The van der Waals surface area contributed by atoms with Crippen LogP contribution in [0.25, 0.3) is 0 Å². The van der Waals surface area contributed by atoms with E-state index in [9.17, 15) is 0 Å². The minimum absolute atomic E-state index is 0.232. The number of aromatic nitrogens is 1. The molecule has 25 heavy (non-hydrogen) atoms. The van der Waals surface area contributed by atoms with Gasteiger partial charge < -0.3 is 0 Å². The molecule has 0 amide bonds. The van der Waals surface area contributed by atoms with Gasteiger partial charge >= 0.3 is 0 Å². The molecule has 1 aliphatic carbocycles. The maximum atomic E-state index is 4.70. The molecule has 0 saturated heterocycles. The summed E-state index contributed by atoms with van der Waals surface area (Å²) in [7, 11) is 1.75. The first-order chi connectivity index (χ1) is 12.3. The fourth-order valence-corrected chi connectivity index (χ4v) is 2.44. The maximum absolute atomic E-state index is 4.70. The molecule has 0 radical (unpaired) electrons. The smallest absolute Gasteiger partial charge is 0.0807 e. The van der Waals surface area contributed by atoms with Gasteiger partial charge in [0.15, 0.2) is 0 Å². The lowest BCUT2D eigenvalue weighted by Crippen LogP contribution is -2.27. The molecule has 2 unspecified atom stereocenters. The summed E-state index contributed by atoms with van der Waals surface area (Å²) in [4.78, 5) is 17.7. The van der Waals surface area contributed by atoms with Crippen LogP contribution in [0.3, 0.4) is 0 Å². The molecule has 4 heteroatoms. The fraction of sp³-hybridized carbons (Fsp3) is 0.429. The van der Waals surface area contributed by atoms with Crippen LogP contribution in [-0.2, 0) is 0 Å². The Morgan fingerprint density at radius 3 is 2.28 bits per heavy atom. The third-order valence-corrected chi connectivity index (χ3v) is 3.65. The standard InChI is InChI=1S/C17H22N4.C2H6.C2H4/c1-3-14(18-2)12-20-16-9-4-5-10-17(16)21-13-15-8-6-7-11-19-15;2*1-2/h3,6-8,11-13,16-17H,1,4-5,9-10H2,2H3;1-2H3;1-2H2. The average molecular weight is 341 g/mol. The largest absolute Gasteiger partial charge is 0.287 e. The Morgan fingerprint density at radius 1 is 1.12 bits per heavy atom. The van der Waals surface area contributed by atoms with Crippen LogP contribution < -0.4 is 0 Å². The highest BCUT2D eigenvalue weighted by Crippen LogP contribution is 2.23. The van der Waals surface area contributed by atoms with E-state index in [0.717, 1.165) is 24.2 Å². The first-order valence-electron chi connectivity index (χ1n) is 8.90. The number of pyridine rings is 1. The van der Waals surface area contributed by atoms with Crippen LogP contribution in [0.2, 0.25) is 0 Å². The van der Waals surface area contributed by atoms with Crippen LogP contribution in [0.5, 0.6) is 0 Å². The summed E-state index contributed by atoms with van der Waals surface area (Å²) in [6.45, 7) is 13.7. The van der Waals surface area contributed by atoms with Gasteiger partial charge in [0.1, 0.15) is 0 Å². The Labute approximate surface area is 153 Å². The fourth-order valence-electron chi connectivity index (χ4n) is 2.44. The van der Waals surface area contributed by atoms with Crippen molar-refractivity contribution >= 4 is 18.1 Å². The van der Waals surface area contributed by atoms with Crippen molar-refractivity contribution in [1.29, 1.82) is 0 Å². The van der Waals surface area contributed by atoms with Crippen LogP contribution >= 0.6 is 0 Å². The summed E-state index contributed by atoms with van der Waals surface area (Å²) >= 11 is 0. The van der Waals surface area contributed by atoms with E-state index in [4.69, 9.17) is 4.99 Å². The van der Waals surface area contributed by atoms with Crippen LogP contribution in [0, 0.1) is 0 Å². The summed E-state index contributed by atoms with van der Waals surface area (Å²) in [5, 5.41) is 0. The van der Waals surface area contributed by atoms with Gasteiger partial charge in [-0.1, -0.05) is 39.3 Å². The van der Waals surface area contributed by atoms with E-state index in [2.05, 4.69) is 34.7 Å². The molecular formula is C21H32N4. The second-order valence-electron chi connectivity index (χ2n) is 5.08. The molecule has 1 saturated carbocycles. The van der Waals surface area contributed by atoms with E-state index in [0.29, 0.717) is 0 Å². The quantitative estimate of drug-likeness (QED) is 0.551. The molecule has 0 spiro atoms. The predicted octanol–water partition coefficient (Wildman–Crippen LogP) is 4.97. The van der Waals surface area contributed by atoms with Crippen molar-refractivity contribution in [3.8, 4) is 0 Å². The number of rotatable bonds is 5. The summed E-state index contributed by atoms with van der Waals surface area (Å²) in [5.74, 6) is 0. The molecule has 0 aliphatic heterocycles. The van der Waals surface area contributed by atoms with E-state index in [-0.39, 0.29) is 12.1 Å². The first-order valence-corrected chi connectivity index (χ1v) is 8.90. The van der Waals surface area contributed by atoms with Crippen LogP contribution in [-0.4, -0.2) is 42.3 Å². The maximum Gasteiger partial charge on any atom is 0.0807 e. The Morgan fingerprint density at radius 2 is 1.76 bits per heavy atom. The lowest BCUT2D eigenvalue weighted by molar-refractivity contribution is 0.390. The molecule has 2 atom stereocenters. The first kappa shape index (κ1) is 22.6. The Balaban J connectivity index is 0.00000134. The summed E-state index contributed by atoms with van der Waals surface area (Å²) in [5.41, 5.74) is 1.71. The van der Waals surface area contributed by atoms with E-state index in [1.165, 1.54) is 12.8 Å². The number of hydrogen-bond donors (Lipinski definition) is 0. The summed E-state index contributed by atoms with van der Waals surface area (Å²) in [6, 6.07) is 6.31. The van der Waals surface area contributed by atoms with E-state index < -0.39 is 0 Å². The average Bonchev–Trinajstić information content (AvgIpc) is 2.72. The van der Waals surface area contributed by atoms with Crippen molar-refractivity contribution in [3.63, 3.8) is 0 Å². The number of hydrogen-bond acceptors (Lipinski definition) is 4. The van der Waals surface area contributed by atoms with Gasteiger partial charge in [-0.2, -0.15) is 0 Å². The van der Waals surface area contributed by atoms with Gasteiger partial charge in [0.2, 0.25) is 0 Å². The highest BCUT2D eigenvalue weighted by molar-refractivity contribution is 6.35. The molecule has 0 bridgehead atoms. The lowest BCUT2D eigenvalue weighted by atomic mass is 9.91. The minimum Gasteiger partial charge on any atom is -0.287 e. The van der Waals surface area contributed by atoms with Gasteiger partial charge in [-0.15, -0.1) is 13.2 Å². The number of allylic oxidation sites excluding steroid dienone is 1. The molecule has 1 aromatic rings. The third kappa shape index (κ3) is 8.89. The molecular weight excluding hydrogens is 308 g/mol. The highest BCUT2D eigenvalue weighted by Gasteiger charge is 2.23. The van der Waals surface area contributed by atoms with E-state index in [1.54, 1.807) is 19.3 Å². The number of nitrogens with zero attached hydrogens (tertiary/aromatic N) is 4. The van der Waals surface area contributed by atoms with Gasteiger partial charge in [-0.25, -0.2) is 0 Å². The molecule has 1 fully saturated rings. The van der Waals surface area contributed by atoms with Gasteiger partial charge in [0.25, 0.3) is 0 Å². The molecule has 4 nitrogen and oxygen atoms in total. The monoisotopic (exact) mass is 340 g/mol. The normalized spacial score (nSPS) is 20.4. The van der Waals surface area contributed by atoms with Crippen molar-refractivity contribution in [2.45, 2.75) is 51.6 Å². The Kier molecular flexibility index (Phi) is 13.8. The topological polar surface area (TPSA) is 50.0 Å². The van der Waals surface area contributed by atoms with Gasteiger partial charge in [0.05, 0.1) is 23.5 Å². The minimum atomic E-state index is 0.232. The zero-order valence-electron chi connectivity index (χ0n) is 15.9. The van der Waals surface area contributed by atoms with Crippen molar-refractivity contribution in [2.75, 3.05) is 7.05 Å². The summed E-state index contributed by atoms with van der Waals surface area (Å²) in [6.07, 6.45) is 11.8. The second-order valence-corrected chi connectivity index (χ2v) is 5.08. The number of aliphatic imine (C=N–C) groups is 3. The van der Waals surface area contributed by atoms with Crippen LogP contribution in [0.4, 0.5) is 0 Å². The Bertz CT molecular complexity index is 546. The van der Waals surface area contributed by atoms with Crippen LogP contribution in [0.15, 0.2) is 65.2 Å². The zero-order valence-corrected chi connectivity index (χ0v) is 15.9. The molecule has 1 heterocycles. The zero-order chi connectivity index (χ0) is 18.9. The molecule has 2 rings (SSSR count). The summed E-state index contributed by atoms with van der Waals surface area (Å²) < 4.78 is 0. The molecule has 1 aromatic heterocycles. The molecule has 1 aliphatic rings. The van der Waals surface area contributed by atoms with Crippen LogP contribution in [0.1, 0.15) is 45.2 Å². The molecule has 0 aromatic carbocycles. The van der Waals surface area contributed by atoms with E-state index >= 15 is 0 Å². The Hall–Kier alpha value is -2.36. The van der Waals surface area contributed by atoms with Crippen molar-refractivity contribution in [3.05, 3.63) is 55.9 Å². The van der Waals surface area contributed by atoms with Gasteiger partial charge in [-0.05, 0) is 31.1 Å². The molecule has 136 valence electrons. The van der Waals surface area contributed by atoms with Crippen molar-refractivity contribution in [1.82, 2.24) is 4.98 Å². The highest BCUT2D eigenvalue weighted by atomic mass is 14.9.